The quantitative estimate of drug-likeness (QED) is 0.410. The van der Waals surface area contributed by atoms with Crippen LogP contribution in [0.4, 0.5) is 4.39 Å². The Morgan fingerprint density at radius 3 is 2.50 bits per heavy atom. The van der Waals surface area contributed by atoms with Crippen LogP contribution in [-0.4, -0.2) is 15.3 Å². The molecule has 0 atom stereocenters. The molecule has 0 unspecified atom stereocenters. The zero-order valence-corrected chi connectivity index (χ0v) is 17.8. The Morgan fingerprint density at radius 2 is 1.83 bits per heavy atom. The number of carbonyl (C=O) groups is 1. The highest BCUT2D eigenvalue weighted by Crippen LogP contribution is 2.26. The molecule has 0 aliphatic rings. The first-order valence-corrected chi connectivity index (χ1v) is 10.6. The SMILES string of the molecule is CCc1cc2c(=O)n(CC(=O)c3ccc(F)c(C)c3)c(-c3ccc(C)cc3)nc2s1. The number of aromatic nitrogens is 2. The van der Waals surface area contributed by atoms with Crippen LogP contribution in [0.1, 0.15) is 33.3 Å². The Labute approximate surface area is 177 Å². The molecule has 2 aromatic heterocycles. The average molecular weight is 421 g/mol. The van der Waals surface area contributed by atoms with Crippen LogP contribution in [0.3, 0.4) is 0 Å². The molecule has 0 bridgehead atoms. The molecule has 2 aromatic carbocycles. The minimum atomic E-state index is -0.363. The van der Waals surface area contributed by atoms with Gasteiger partial charge in [0.15, 0.2) is 5.78 Å². The van der Waals surface area contributed by atoms with Crippen molar-refractivity contribution in [1.29, 1.82) is 0 Å². The van der Waals surface area contributed by atoms with Gasteiger partial charge >= 0.3 is 0 Å². The predicted octanol–water partition coefficient (Wildman–Crippen LogP) is 5.33. The van der Waals surface area contributed by atoms with Gasteiger partial charge in [0.2, 0.25) is 0 Å². The van der Waals surface area contributed by atoms with Gasteiger partial charge in [-0.15, -0.1) is 11.3 Å². The summed E-state index contributed by atoms with van der Waals surface area (Å²) in [5.74, 6) is -0.164. The molecule has 0 saturated carbocycles. The van der Waals surface area contributed by atoms with Crippen molar-refractivity contribution in [1.82, 2.24) is 9.55 Å². The van der Waals surface area contributed by atoms with E-state index in [4.69, 9.17) is 4.98 Å². The number of ketones is 1. The van der Waals surface area contributed by atoms with Crippen LogP contribution < -0.4 is 5.56 Å². The number of carbonyl (C=O) groups excluding carboxylic acids is 1. The zero-order valence-electron chi connectivity index (χ0n) is 17.0. The lowest BCUT2D eigenvalue weighted by Gasteiger charge is -2.13. The number of rotatable bonds is 5. The highest BCUT2D eigenvalue weighted by Gasteiger charge is 2.18. The highest BCUT2D eigenvalue weighted by molar-refractivity contribution is 7.18. The Hall–Kier alpha value is -3.12. The molecule has 0 spiro atoms. The Balaban J connectivity index is 1.87. The van der Waals surface area contributed by atoms with E-state index in [1.807, 2.05) is 44.2 Å². The van der Waals surface area contributed by atoms with Crippen molar-refractivity contribution in [3.05, 3.63) is 86.3 Å². The Morgan fingerprint density at radius 1 is 1.10 bits per heavy atom. The number of aryl methyl sites for hydroxylation is 3. The second-order valence-corrected chi connectivity index (χ2v) is 8.48. The maximum Gasteiger partial charge on any atom is 0.262 e. The smallest absolute Gasteiger partial charge is 0.262 e. The molecule has 0 N–H and O–H groups in total. The molecule has 2 heterocycles. The molecule has 0 fully saturated rings. The van der Waals surface area contributed by atoms with Gasteiger partial charge in [-0.1, -0.05) is 36.8 Å². The molecular weight excluding hydrogens is 399 g/mol. The van der Waals surface area contributed by atoms with Gasteiger partial charge in [-0.2, -0.15) is 0 Å². The molecule has 30 heavy (non-hydrogen) atoms. The fraction of sp³-hybridized carbons (Fsp3) is 0.208. The number of nitrogens with zero attached hydrogens (tertiary/aromatic N) is 2. The summed E-state index contributed by atoms with van der Waals surface area (Å²) in [5.41, 5.74) is 2.39. The zero-order chi connectivity index (χ0) is 21.4. The van der Waals surface area contributed by atoms with Crippen molar-refractivity contribution in [2.24, 2.45) is 0 Å². The van der Waals surface area contributed by atoms with E-state index in [0.29, 0.717) is 27.2 Å². The van der Waals surface area contributed by atoms with Gasteiger partial charge in [-0.25, -0.2) is 9.37 Å². The van der Waals surface area contributed by atoms with Crippen LogP contribution in [0.25, 0.3) is 21.6 Å². The lowest BCUT2D eigenvalue weighted by molar-refractivity contribution is 0.0971. The number of Topliss-reactive ketones (excluding diaryl/α,β-unsaturated/α-hetero) is 1. The molecule has 4 aromatic rings. The van der Waals surface area contributed by atoms with Gasteiger partial charge in [0.25, 0.3) is 5.56 Å². The second-order valence-electron chi connectivity index (χ2n) is 7.36. The second kappa shape index (κ2) is 7.95. The van der Waals surface area contributed by atoms with Gasteiger partial charge < -0.3 is 0 Å². The summed E-state index contributed by atoms with van der Waals surface area (Å²) in [6, 6.07) is 13.8. The number of hydrogen-bond donors (Lipinski definition) is 0. The van der Waals surface area contributed by atoms with Gasteiger partial charge in [-0.3, -0.25) is 14.2 Å². The summed E-state index contributed by atoms with van der Waals surface area (Å²) in [7, 11) is 0. The van der Waals surface area contributed by atoms with Crippen molar-refractivity contribution in [2.45, 2.75) is 33.7 Å². The minimum absolute atomic E-state index is 0.159. The fourth-order valence-electron chi connectivity index (χ4n) is 3.36. The van der Waals surface area contributed by atoms with E-state index in [2.05, 4.69) is 0 Å². The van der Waals surface area contributed by atoms with E-state index in [1.54, 1.807) is 6.92 Å². The van der Waals surface area contributed by atoms with Gasteiger partial charge in [0.1, 0.15) is 16.5 Å². The lowest BCUT2D eigenvalue weighted by Crippen LogP contribution is -2.26. The molecule has 0 saturated heterocycles. The van der Waals surface area contributed by atoms with E-state index in [1.165, 1.54) is 34.1 Å². The van der Waals surface area contributed by atoms with E-state index in [9.17, 15) is 14.0 Å². The number of fused-ring (bicyclic) bond motifs is 1. The lowest BCUT2D eigenvalue weighted by atomic mass is 10.1. The predicted molar refractivity (Wildman–Crippen MR) is 119 cm³/mol. The van der Waals surface area contributed by atoms with E-state index in [-0.39, 0.29) is 23.7 Å². The van der Waals surface area contributed by atoms with Crippen LogP contribution in [0.15, 0.2) is 53.3 Å². The van der Waals surface area contributed by atoms with Crippen molar-refractivity contribution in [3.8, 4) is 11.4 Å². The van der Waals surface area contributed by atoms with Crippen LogP contribution in [0, 0.1) is 19.7 Å². The number of halogens is 1. The third-order valence-corrected chi connectivity index (χ3v) is 6.32. The van der Waals surface area contributed by atoms with Crippen LogP contribution in [0.5, 0.6) is 0 Å². The molecule has 152 valence electrons. The first-order chi connectivity index (χ1) is 14.4. The normalized spacial score (nSPS) is 11.2. The minimum Gasteiger partial charge on any atom is -0.292 e. The summed E-state index contributed by atoms with van der Waals surface area (Å²) in [6.45, 7) is 5.47. The molecular formula is C24H21FN2O2S. The van der Waals surface area contributed by atoms with Crippen molar-refractivity contribution in [2.75, 3.05) is 0 Å². The maximum atomic E-state index is 13.6. The van der Waals surface area contributed by atoms with Gasteiger partial charge in [0, 0.05) is 16.0 Å². The molecule has 0 amide bonds. The molecule has 6 heteroatoms. The highest BCUT2D eigenvalue weighted by atomic mass is 32.1. The molecule has 0 radical (unpaired) electrons. The summed E-state index contributed by atoms with van der Waals surface area (Å²) >= 11 is 1.50. The van der Waals surface area contributed by atoms with Crippen LogP contribution in [0.2, 0.25) is 0 Å². The Bertz CT molecular complexity index is 1320. The summed E-state index contributed by atoms with van der Waals surface area (Å²) in [6.07, 6.45) is 0.814. The van der Waals surface area contributed by atoms with Crippen molar-refractivity contribution in [3.63, 3.8) is 0 Å². The monoisotopic (exact) mass is 420 g/mol. The van der Waals surface area contributed by atoms with Gasteiger partial charge in [-0.05, 0) is 50.1 Å². The summed E-state index contributed by atoms with van der Waals surface area (Å²) in [5, 5.41) is 0.524. The molecule has 0 aliphatic heterocycles. The van der Waals surface area contributed by atoms with E-state index < -0.39 is 0 Å². The molecule has 0 aliphatic carbocycles. The van der Waals surface area contributed by atoms with Gasteiger partial charge in [0.05, 0.1) is 11.9 Å². The first kappa shape index (κ1) is 20.2. The fourth-order valence-corrected chi connectivity index (χ4v) is 4.32. The standard InChI is InChI=1S/C24H21FN2O2S/c1-4-18-12-19-23(30-18)26-22(16-7-5-14(2)6-8-16)27(24(19)29)13-21(28)17-9-10-20(25)15(3)11-17/h5-12H,4,13H2,1-3H3. The molecule has 4 rings (SSSR count). The van der Waals surface area contributed by atoms with Crippen LogP contribution >= 0.6 is 11.3 Å². The number of thiophene rings is 1. The Kier molecular flexibility index (Phi) is 5.35. The average Bonchev–Trinajstić information content (AvgIpc) is 3.16. The third-order valence-electron chi connectivity index (χ3n) is 5.14. The summed E-state index contributed by atoms with van der Waals surface area (Å²) < 4.78 is 15.0. The molecule has 4 nitrogen and oxygen atoms in total. The third kappa shape index (κ3) is 3.71. The maximum absolute atomic E-state index is 13.6. The number of hydrogen-bond acceptors (Lipinski definition) is 4. The summed E-state index contributed by atoms with van der Waals surface area (Å²) in [4.78, 5) is 32.8. The van der Waals surface area contributed by atoms with Crippen LogP contribution in [-0.2, 0) is 13.0 Å². The van der Waals surface area contributed by atoms with E-state index in [0.717, 1.165) is 22.4 Å². The van der Waals surface area contributed by atoms with Crippen molar-refractivity contribution < 1.29 is 9.18 Å². The first-order valence-electron chi connectivity index (χ1n) is 9.77. The van der Waals surface area contributed by atoms with E-state index >= 15 is 0 Å². The van der Waals surface area contributed by atoms with Crippen molar-refractivity contribution >= 4 is 27.3 Å². The largest absolute Gasteiger partial charge is 0.292 e. The topological polar surface area (TPSA) is 52.0 Å². The number of benzene rings is 2.